The minimum absolute atomic E-state index is 0.0445. The summed E-state index contributed by atoms with van der Waals surface area (Å²) in [7, 11) is 4.54. The van der Waals surface area contributed by atoms with Crippen LogP contribution in [0.4, 0.5) is 0 Å². The molecule has 0 fully saturated rings. The summed E-state index contributed by atoms with van der Waals surface area (Å²) in [6.45, 7) is 0. The van der Waals surface area contributed by atoms with Crippen molar-refractivity contribution in [2.24, 2.45) is 0 Å². The maximum absolute atomic E-state index is 12.4. The predicted molar refractivity (Wildman–Crippen MR) is 97.7 cm³/mol. The van der Waals surface area contributed by atoms with E-state index in [2.05, 4.69) is 10.2 Å². The van der Waals surface area contributed by atoms with E-state index in [1.807, 2.05) is 0 Å². The molecule has 0 aliphatic heterocycles. The average molecular weight is 388 g/mol. The van der Waals surface area contributed by atoms with Crippen LogP contribution in [-0.4, -0.2) is 41.7 Å². The van der Waals surface area contributed by atoms with E-state index in [1.165, 1.54) is 26.4 Å². The monoisotopic (exact) mass is 388 g/mol. The van der Waals surface area contributed by atoms with Crippen LogP contribution < -0.4 is 14.2 Å². The van der Waals surface area contributed by atoms with Crippen molar-refractivity contribution < 1.29 is 28.5 Å². The van der Waals surface area contributed by atoms with Gasteiger partial charge in [-0.25, -0.2) is 0 Å². The summed E-state index contributed by atoms with van der Waals surface area (Å²) < 4.78 is 21.0. The van der Waals surface area contributed by atoms with Gasteiger partial charge in [0.15, 0.2) is 0 Å². The zero-order chi connectivity index (χ0) is 19.4. The van der Waals surface area contributed by atoms with Gasteiger partial charge in [-0.1, -0.05) is 0 Å². The molecule has 0 aliphatic carbocycles. The third-order valence-electron chi connectivity index (χ3n) is 3.65. The van der Waals surface area contributed by atoms with Gasteiger partial charge in [-0.05, 0) is 24.3 Å². The Balaban J connectivity index is 1.81. The molecule has 2 aromatic carbocycles. The fraction of sp³-hybridized carbons (Fsp3) is 0.167. The highest BCUT2D eigenvalue weighted by Crippen LogP contribution is 2.35. The topological polar surface area (TPSA) is 104 Å². The van der Waals surface area contributed by atoms with Crippen LogP contribution in [0.3, 0.4) is 0 Å². The first-order chi connectivity index (χ1) is 13.0. The highest BCUT2D eigenvalue weighted by Gasteiger charge is 2.19. The first-order valence-corrected chi connectivity index (χ1v) is 8.52. The first-order valence-electron chi connectivity index (χ1n) is 7.70. The van der Waals surface area contributed by atoms with Crippen LogP contribution in [0.1, 0.15) is 10.4 Å². The van der Waals surface area contributed by atoms with Crippen LogP contribution in [-0.2, 0) is 0 Å². The van der Waals surface area contributed by atoms with E-state index in [1.54, 1.807) is 31.4 Å². The number of carbonyl (C=O) groups is 1. The first kappa shape index (κ1) is 18.6. The number of hydrogen-bond acceptors (Lipinski definition) is 9. The van der Waals surface area contributed by atoms with Gasteiger partial charge in [0.2, 0.25) is 5.12 Å². The normalized spacial score (nSPS) is 10.5. The summed E-state index contributed by atoms with van der Waals surface area (Å²) >= 11 is 0.715. The van der Waals surface area contributed by atoms with Gasteiger partial charge >= 0.3 is 0 Å². The summed E-state index contributed by atoms with van der Waals surface area (Å²) in [5.74, 6) is 1.57. The Bertz CT molecular complexity index is 972. The van der Waals surface area contributed by atoms with Crippen molar-refractivity contribution in [2.75, 3.05) is 21.3 Å². The molecule has 8 nitrogen and oxygen atoms in total. The zero-order valence-electron chi connectivity index (χ0n) is 14.8. The van der Waals surface area contributed by atoms with E-state index in [-0.39, 0.29) is 22.4 Å². The standard InChI is InChI=1S/C18H16N2O6S/c1-23-10-4-6-12(14(21)8-10)17(22)27-18-20-19-16(26-18)13-7-5-11(24-2)9-15(13)25-3/h4-9,21H,1-3H3. The third-order valence-corrected chi connectivity index (χ3v) is 4.40. The second kappa shape index (κ2) is 8.00. The van der Waals surface area contributed by atoms with Gasteiger partial charge in [-0.2, -0.15) is 0 Å². The Morgan fingerprint density at radius 1 is 1.00 bits per heavy atom. The SMILES string of the molecule is COc1ccc(C(=O)Sc2nnc(-c3ccc(OC)cc3OC)o2)c(O)c1. The number of rotatable bonds is 6. The van der Waals surface area contributed by atoms with E-state index >= 15 is 0 Å². The zero-order valence-corrected chi connectivity index (χ0v) is 15.6. The molecule has 0 saturated heterocycles. The van der Waals surface area contributed by atoms with Crippen LogP contribution in [0.2, 0.25) is 0 Å². The Labute approximate surface area is 159 Å². The van der Waals surface area contributed by atoms with Crippen LogP contribution >= 0.6 is 11.8 Å². The highest BCUT2D eigenvalue weighted by atomic mass is 32.2. The molecule has 0 unspecified atom stereocenters. The minimum Gasteiger partial charge on any atom is -0.507 e. The fourth-order valence-electron chi connectivity index (χ4n) is 2.28. The minimum atomic E-state index is -0.438. The molecule has 0 saturated carbocycles. The van der Waals surface area contributed by atoms with Crippen molar-refractivity contribution in [3.05, 3.63) is 42.0 Å². The maximum Gasteiger partial charge on any atom is 0.284 e. The Morgan fingerprint density at radius 3 is 2.37 bits per heavy atom. The smallest absolute Gasteiger partial charge is 0.284 e. The number of methoxy groups -OCH3 is 3. The van der Waals surface area contributed by atoms with E-state index in [9.17, 15) is 9.90 Å². The average Bonchev–Trinajstić information content (AvgIpc) is 3.15. The van der Waals surface area contributed by atoms with Crippen molar-refractivity contribution in [2.45, 2.75) is 5.22 Å². The lowest BCUT2D eigenvalue weighted by Gasteiger charge is -2.07. The van der Waals surface area contributed by atoms with Gasteiger partial charge in [0.05, 0.1) is 32.5 Å². The van der Waals surface area contributed by atoms with Gasteiger partial charge < -0.3 is 23.7 Å². The number of nitrogens with zero attached hydrogens (tertiary/aromatic N) is 2. The summed E-state index contributed by atoms with van der Waals surface area (Å²) in [5.41, 5.74) is 0.681. The molecule has 27 heavy (non-hydrogen) atoms. The molecular weight excluding hydrogens is 372 g/mol. The van der Waals surface area contributed by atoms with Gasteiger partial charge in [-0.3, -0.25) is 4.79 Å². The molecule has 1 N–H and O–H groups in total. The Morgan fingerprint density at radius 2 is 1.70 bits per heavy atom. The molecule has 3 rings (SSSR count). The van der Waals surface area contributed by atoms with Crippen molar-refractivity contribution in [1.82, 2.24) is 10.2 Å². The number of phenols is 1. The molecule has 140 valence electrons. The fourth-order valence-corrected chi connectivity index (χ4v) is 2.92. The lowest BCUT2D eigenvalue weighted by Crippen LogP contribution is -1.95. The Kier molecular flexibility index (Phi) is 5.51. The molecule has 1 heterocycles. The number of carbonyl (C=O) groups excluding carboxylic acids is 1. The van der Waals surface area contributed by atoms with Crippen molar-refractivity contribution in [1.29, 1.82) is 0 Å². The number of benzene rings is 2. The summed E-state index contributed by atoms with van der Waals surface area (Å²) in [6.07, 6.45) is 0. The summed E-state index contributed by atoms with van der Waals surface area (Å²) in [5, 5.41) is 17.4. The van der Waals surface area contributed by atoms with Crippen LogP contribution in [0, 0.1) is 0 Å². The molecule has 0 spiro atoms. The molecule has 0 atom stereocenters. The van der Waals surface area contributed by atoms with Crippen molar-refractivity contribution in [3.63, 3.8) is 0 Å². The van der Waals surface area contributed by atoms with Crippen LogP contribution in [0.25, 0.3) is 11.5 Å². The quantitative estimate of drug-likeness (QED) is 0.636. The summed E-state index contributed by atoms with van der Waals surface area (Å²) in [6, 6.07) is 9.54. The van der Waals surface area contributed by atoms with E-state index in [0.29, 0.717) is 34.6 Å². The largest absolute Gasteiger partial charge is 0.507 e. The second-order valence-corrected chi connectivity index (χ2v) is 6.14. The molecule has 0 amide bonds. The second-order valence-electron chi connectivity index (χ2n) is 5.21. The number of ether oxygens (including phenoxy) is 3. The van der Waals surface area contributed by atoms with E-state index < -0.39 is 5.12 Å². The molecule has 3 aromatic rings. The van der Waals surface area contributed by atoms with E-state index in [4.69, 9.17) is 18.6 Å². The van der Waals surface area contributed by atoms with Gasteiger partial charge in [0.1, 0.15) is 23.0 Å². The number of aromatic hydroxyl groups is 1. The Hall–Kier alpha value is -3.20. The van der Waals surface area contributed by atoms with Crippen LogP contribution in [0.5, 0.6) is 23.0 Å². The van der Waals surface area contributed by atoms with Crippen molar-refractivity contribution in [3.8, 4) is 34.5 Å². The highest BCUT2D eigenvalue weighted by molar-refractivity contribution is 8.14. The number of aromatic nitrogens is 2. The lowest BCUT2D eigenvalue weighted by molar-refractivity contribution is 0.108. The van der Waals surface area contributed by atoms with Crippen molar-refractivity contribution >= 4 is 16.9 Å². The maximum atomic E-state index is 12.4. The van der Waals surface area contributed by atoms with Crippen LogP contribution in [0.15, 0.2) is 46.0 Å². The van der Waals surface area contributed by atoms with Gasteiger partial charge in [0, 0.05) is 23.9 Å². The third kappa shape index (κ3) is 3.98. The predicted octanol–water partition coefficient (Wildman–Crippen LogP) is 3.40. The lowest BCUT2D eigenvalue weighted by atomic mass is 10.2. The molecule has 0 bridgehead atoms. The number of thioether (sulfide) groups is 1. The number of hydrogen-bond donors (Lipinski definition) is 1. The van der Waals surface area contributed by atoms with Gasteiger partial charge in [-0.15, -0.1) is 10.2 Å². The number of phenolic OH excluding ortho intramolecular Hbond substituents is 1. The molecule has 0 radical (unpaired) electrons. The van der Waals surface area contributed by atoms with E-state index in [0.717, 1.165) is 0 Å². The molecular formula is C18H16N2O6S. The molecule has 0 aliphatic rings. The molecule has 1 aromatic heterocycles. The van der Waals surface area contributed by atoms with Gasteiger partial charge in [0.25, 0.3) is 11.1 Å². The summed E-state index contributed by atoms with van der Waals surface area (Å²) in [4.78, 5) is 12.4. The molecule has 9 heteroatoms.